The lowest BCUT2D eigenvalue weighted by Gasteiger charge is -2.29. The van der Waals surface area contributed by atoms with E-state index in [9.17, 15) is 0 Å². The van der Waals surface area contributed by atoms with E-state index in [0.29, 0.717) is 0 Å². The zero-order valence-corrected chi connectivity index (χ0v) is 13.8. The van der Waals surface area contributed by atoms with E-state index in [1.54, 1.807) is 0 Å². The first-order chi connectivity index (χ1) is 8.81. The Bertz CT molecular complexity index is 376. The quantitative estimate of drug-likeness (QED) is 0.908. The summed E-state index contributed by atoms with van der Waals surface area (Å²) in [6, 6.07) is 2.29. The lowest BCUT2D eigenvalue weighted by atomic mass is 9.99. The molecule has 0 spiro atoms. The molecule has 0 saturated carbocycles. The molecule has 0 amide bonds. The van der Waals surface area contributed by atoms with Crippen LogP contribution in [0.1, 0.15) is 37.6 Å². The molecule has 1 aromatic rings. The molecule has 2 aliphatic rings. The number of hydrogen-bond acceptors (Lipinski definition) is 3. The average Bonchev–Trinajstić information content (AvgIpc) is 2.62. The summed E-state index contributed by atoms with van der Waals surface area (Å²) < 4.78 is 2.20. The number of rotatable bonds is 2. The summed E-state index contributed by atoms with van der Waals surface area (Å²) in [4.78, 5) is 2.55. The third kappa shape index (κ3) is 4.35. The predicted octanol–water partition coefficient (Wildman–Crippen LogP) is 2.45. The number of piperidine rings is 1. The maximum Gasteiger partial charge on any atom is 0.0768 e. The van der Waals surface area contributed by atoms with E-state index in [1.807, 2.05) is 0 Å². The van der Waals surface area contributed by atoms with E-state index in [2.05, 4.69) is 27.9 Å². The minimum atomic E-state index is 0. The second-order valence-electron chi connectivity index (χ2n) is 5.84. The molecule has 1 N–H and O–H groups in total. The Morgan fingerprint density at radius 1 is 1.25 bits per heavy atom. The first-order valence-corrected chi connectivity index (χ1v) is 7.30. The molecule has 2 aliphatic heterocycles. The zero-order valence-electron chi connectivity index (χ0n) is 12.2. The van der Waals surface area contributed by atoms with Gasteiger partial charge in [0.2, 0.25) is 0 Å². The van der Waals surface area contributed by atoms with Gasteiger partial charge in [0.15, 0.2) is 0 Å². The molecule has 0 atom stereocenters. The lowest BCUT2D eigenvalue weighted by Crippen LogP contribution is -2.32. The standard InChI is InChI=1S/C14H24N4.2ClH/c1-12-3-7-17(8-4-12)11-13-9-14-10-15-5-2-6-18(14)16-13;;/h9,12,15H,2-8,10-11H2,1H3;2*1H. The topological polar surface area (TPSA) is 33.1 Å². The van der Waals surface area contributed by atoms with Crippen molar-refractivity contribution < 1.29 is 0 Å². The molecule has 1 fully saturated rings. The van der Waals surface area contributed by atoms with E-state index in [-0.39, 0.29) is 24.8 Å². The monoisotopic (exact) mass is 320 g/mol. The van der Waals surface area contributed by atoms with Gasteiger partial charge in [-0.05, 0) is 50.9 Å². The summed E-state index contributed by atoms with van der Waals surface area (Å²) in [7, 11) is 0. The summed E-state index contributed by atoms with van der Waals surface area (Å²) >= 11 is 0. The summed E-state index contributed by atoms with van der Waals surface area (Å²) in [5, 5.41) is 8.21. The predicted molar refractivity (Wildman–Crippen MR) is 86.7 cm³/mol. The van der Waals surface area contributed by atoms with Gasteiger partial charge >= 0.3 is 0 Å². The molecule has 0 unspecified atom stereocenters. The maximum absolute atomic E-state index is 4.76. The molecule has 1 aromatic heterocycles. The van der Waals surface area contributed by atoms with Crippen molar-refractivity contribution in [2.45, 2.75) is 45.8 Å². The van der Waals surface area contributed by atoms with E-state index in [1.165, 1.54) is 43.7 Å². The molecule has 3 heterocycles. The van der Waals surface area contributed by atoms with Crippen LogP contribution in [0.5, 0.6) is 0 Å². The summed E-state index contributed by atoms with van der Waals surface area (Å²) in [6.45, 7) is 9.03. The average molecular weight is 321 g/mol. The van der Waals surface area contributed by atoms with Crippen LogP contribution in [-0.4, -0.2) is 34.3 Å². The van der Waals surface area contributed by atoms with Gasteiger partial charge in [-0.1, -0.05) is 6.92 Å². The second kappa shape index (κ2) is 8.23. The first-order valence-electron chi connectivity index (χ1n) is 7.30. The molecule has 6 heteroatoms. The van der Waals surface area contributed by atoms with Gasteiger partial charge in [0.1, 0.15) is 0 Å². The minimum absolute atomic E-state index is 0. The second-order valence-corrected chi connectivity index (χ2v) is 5.84. The van der Waals surface area contributed by atoms with Gasteiger partial charge < -0.3 is 5.32 Å². The summed E-state index contributed by atoms with van der Waals surface area (Å²) in [6.07, 6.45) is 3.87. The number of aromatic nitrogens is 2. The minimum Gasteiger partial charge on any atom is -0.311 e. The molecule has 20 heavy (non-hydrogen) atoms. The molecule has 0 bridgehead atoms. The van der Waals surface area contributed by atoms with Crippen LogP contribution in [0.4, 0.5) is 0 Å². The molecule has 116 valence electrons. The summed E-state index contributed by atoms with van der Waals surface area (Å²) in [5.74, 6) is 0.907. The largest absolute Gasteiger partial charge is 0.311 e. The van der Waals surface area contributed by atoms with Crippen LogP contribution in [0.3, 0.4) is 0 Å². The van der Waals surface area contributed by atoms with Gasteiger partial charge in [-0.2, -0.15) is 5.10 Å². The Balaban J connectivity index is 0.000001000. The van der Waals surface area contributed by atoms with Crippen LogP contribution in [0, 0.1) is 5.92 Å². The lowest BCUT2D eigenvalue weighted by molar-refractivity contribution is 0.183. The zero-order chi connectivity index (χ0) is 12.4. The summed E-state index contributed by atoms with van der Waals surface area (Å²) in [5.41, 5.74) is 2.61. The first kappa shape index (κ1) is 17.8. The number of nitrogens with zero attached hydrogens (tertiary/aromatic N) is 3. The van der Waals surface area contributed by atoms with Gasteiger partial charge in [0.25, 0.3) is 0 Å². The fraction of sp³-hybridized carbons (Fsp3) is 0.786. The number of halogens is 2. The smallest absolute Gasteiger partial charge is 0.0768 e. The third-order valence-corrected chi connectivity index (χ3v) is 4.21. The number of nitrogens with one attached hydrogen (secondary N) is 1. The van der Waals surface area contributed by atoms with Gasteiger partial charge in [-0.25, -0.2) is 0 Å². The van der Waals surface area contributed by atoms with Gasteiger partial charge in [-0.3, -0.25) is 9.58 Å². The van der Waals surface area contributed by atoms with E-state index < -0.39 is 0 Å². The highest BCUT2D eigenvalue weighted by atomic mass is 35.5. The van der Waals surface area contributed by atoms with Crippen LogP contribution in [0.15, 0.2) is 6.07 Å². The van der Waals surface area contributed by atoms with Crippen molar-refractivity contribution in [2.75, 3.05) is 19.6 Å². The van der Waals surface area contributed by atoms with Crippen molar-refractivity contribution in [2.24, 2.45) is 5.92 Å². The molecular formula is C14H26Cl2N4. The van der Waals surface area contributed by atoms with Crippen LogP contribution in [0.2, 0.25) is 0 Å². The fourth-order valence-corrected chi connectivity index (χ4v) is 2.95. The van der Waals surface area contributed by atoms with Crippen LogP contribution < -0.4 is 5.32 Å². The normalized spacial score (nSPS) is 20.4. The molecular weight excluding hydrogens is 295 g/mol. The SMILES string of the molecule is CC1CCN(Cc2cc3n(n2)CCCNC3)CC1.Cl.Cl. The van der Waals surface area contributed by atoms with Crippen molar-refractivity contribution in [1.29, 1.82) is 0 Å². The molecule has 0 aromatic carbocycles. The highest BCUT2D eigenvalue weighted by molar-refractivity contribution is 5.85. The highest BCUT2D eigenvalue weighted by Gasteiger charge is 2.18. The molecule has 3 rings (SSSR count). The van der Waals surface area contributed by atoms with E-state index >= 15 is 0 Å². The Morgan fingerprint density at radius 3 is 2.75 bits per heavy atom. The number of likely N-dealkylation sites (tertiary alicyclic amines) is 1. The van der Waals surface area contributed by atoms with Gasteiger partial charge in [-0.15, -0.1) is 24.8 Å². The van der Waals surface area contributed by atoms with Gasteiger partial charge in [0.05, 0.1) is 11.4 Å². The van der Waals surface area contributed by atoms with E-state index in [4.69, 9.17) is 5.10 Å². The number of aryl methyl sites for hydroxylation is 1. The van der Waals surface area contributed by atoms with E-state index in [0.717, 1.165) is 32.1 Å². The molecule has 1 saturated heterocycles. The van der Waals surface area contributed by atoms with Crippen molar-refractivity contribution in [1.82, 2.24) is 20.0 Å². The molecule has 4 nitrogen and oxygen atoms in total. The van der Waals surface area contributed by atoms with Crippen molar-refractivity contribution in [3.8, 4) is 0 Å². The Kier molecular flexibility index (Phi) is 7.30. The van der Waals surface area contributed by atoms with Crippen LogP contribution >= 0.6 is 24.8 Å². The van der Waals surface area contributed by atoms with Crippen LogP contribution in [-0.2, 0) is 19.6 Å². The van der Waals surface area contributed by atoms with Crippen molar-refractivity contribution >= 4 is 24.8 Å². The van der Waals surface area contributed by atoms with Crippen molar-refractivity contribution in [3.63, 3.8) is 0 Å². The Hall–Kier alpha value is -0.290. The number of hydrogen-bond donors (Lipinski definition) is 1. The Labute approximate surface area is 134 Å². The van der Waals surface area contributed by atoms with Crippen molar-refractivity contribution in [3.05, 3.63) is 17.5 Å². The maximum atomic E-state index is 4.76. The fourth-order valence-electron chi connectivity index (χ4n) is 2.95. The number of fused-ring (bicyclic) bond motifs is 1. The molecule has 0 radical (unpaired) electrons. The third-order valence-electron chi connectivity index (χ3n) is 4.21. The Morgan fingerprint density at radius 2 is 2.00 bits per heavy atom. The molecule has 0 aliphatic carbocycles. The highest BCUT2D eigenvalue weighted by Crippen LogP contribution is 2.18. The van der Waals surface area contributed by atoms with Gasteiger partial charge in [0, 0.05) is 19.6 Å². The van der Waals surface area contributed by atoms with Crippen LogP contribution in [0.25, 0.3) is 0 Å².